The van der Waals surface area contributed by atoms with Crippen LogP contribution in [-0.2, 0) is 6.42 Å². The number of nitrogen functional groups attached to an aromatic ring is 1. The van der Waals surface area contributed by atoms with Crippen LogP contribution in [0.5, 0.6) is 0 Å². The van der Waals surface area contributed by atoms with Crippen LogP contribution in [0.4, 0.5) is 11.4 Å². The Morgan fingerprint density at radius 1 is 1.45 bits per heavy atom. The largest absolute Gasteiger partial charge is 0.399 e. The van der Waals surface area contributed by atoms with E-state index in [4.69, 9.17) is 10.3 Å². The summed E-state index contributed by atoms with van der Waals surface area (Å²) in [6, 6.07) is 5.11. The van der Waals surface area contributed by atoms with Crippen LogP contribution in [-0.4, -0.2) is 29.6 Å². The molecule has 1 aromatic carbocycles. The van der Waals surface area contributed by atoms with E-state index in [1.165, 1.54) is 0 Å². The van der Waals surface area contributed by atoms with Crippen molar-refractivity contribution >= 4 is 17.3 Å². The standard InChI is InChI=1S/C13H17N5O2/c1-8-17-12(18-20-8)5-6-16-11-7-9(14)3-4-10(11)13(19)15-2/h3-4,7,16H,5-6,14H2,1-2H3,(H,15,19). The highest BCUT2D eigenvalue weighted by molar-refractivity contribution is 6.00. The molecule has 0 aliphatic rings. The summed E-state index contributed by atoms with van der Waals surface area (Å²) < 4.78 is 4.89. The van der Waals surface area contributed by atoms with Gasteiger partial charge in [-0.05, 0) is 18.2 Å². The first-order chi connectivity index (χ1) is 9.60. The van der Waals surface area contributed by atoms with E-state index >= 15 is 0 Å². The first-order valence-electron chi connectivity index (χ1n) is 6.25. The summed E-state index contributed by atoms with van der Waals surface area (Å²) in [4.78, 5) is 15.9. The Hall–Kier alpha value is -2.57. The summed E-state index contributed by atoms with van der Waals surface area (Å²) in [6.45, 7) is 2.32. The number of rotatable bonds is 5. The predicted octanol–water partition coefficient (Wildman–Crippen LogP) is 0.974. The van der Waals surface area contributed by atoms with Gasteiger partial charge >= 0.3 is 0 Å². The molecule has 4 N–H and O–H groups in total. The van der Waals surface area contributed by atoms with E-state index < -0.39 is 0 Å². The van der Waals surface area contributed by atoms with Gasteiger partial charge in [-0.1, -0.05) is 5.16 Å². The lowest BCUT2D eigenvalue weighted by molar-refractivity contribution is 0.0964. The van der Waals surface area contributed by atoms with Crippen LogP contribution in [0.25, 0.3) is 0 Å². The second-order valence-electron chi connectivity index (χ2n) is 4.29. The third kappa shape index (κ3) is 3.25. The molecule has 0 saturated heterocycles. The number of carbonyl (C=O) groups excluding carboxylic acids is 1. The van der Waals surface area contributed by atoms with Crippen LogP contribution in [0, 0.1) is 6.92 Å². The Morgan fingerprint density at radius 2 is 2.25 bits per heavy atom. The molecule has 0 unspecified atom stereocenters. The highest BCUT2D eigenvalue weighted by Gasteiger charge is 2.10. The van der Waals surface area contributed by atoms with E-state index in [0.29, 0.717) is 41.6 Å². The summed E-state index contributed by atoms with van der Waals surface area (Å²) in [5.41, 5.74) is 7.57. The van der Waals surface area contributed by atoms with Gasteiger partial charge in [0.2, 0.25) is 5.89 Å². The number of nitrogens with zero attached hydrogens (tertiary/aromatic N) is 2. The Balaban J connectivity index is 2.04. The number of benzene rings is 1. The lowest BCUT2D eigenvalue weighted by Gasteiger charge is -2.11. The minimum atomic E-state index is -0.164. The number of anilines is 2. The maximum Gasteiger partial charge on any atom is 0.253 e. The zero-order chi connectivity index (χ0) is 14.5. The summed E-state index contributed by atoms with van der Waals surface area (Å²) in [5, 5.41) is 9.57. The van der Waals surface area contributed by atoms with Crippen molar-refractivity contribution < 1.29 is 9.32 Å². The average Bonchev–Trinajstić information content (AvgIpc) is 2.84. The number of aromatic nitrogens is 2. The molecule has 0 fully saturated rings. The van der Waals surface area contributed by atoms with Gasteiger partial charge in [-0.3, -0.25) is 4.79 Å². The summed E-state index contributed by atoms with van der Waals surface area (Å²) in [7, 11) is 1.59. The quantitative estimate of drug-likeness (QED) is 0.702. The summed E-state index contributed by atoms with van der Waals surface area (Å²) in [6.07, 6.45) is 0.597. The summed E-state index contributed by atoms with van der Waals surface area (Å²) in [5.74, 6) is 0.998. The number of nitrogens with one attached hydrogen (secondary N) is 2. The molecule has 1 aromatic heterocycles. The molecule has 2 aromatic rings. The number of carbonyl (C=O) groups is 1. The minimum absolute atomic E-state index is 0.164. The third-order valence-corrected chi connectivity index (χ3v) is 2.75. The fourth-order valence-corrected chi connectivity index (χ4v) is 1.79. The van der Waals surface area contributed by atoms with Crippen molar-refractivity contribution in [2.24, 2.45) is 0 Å². The molecule has 0 saturated carbocycles. The highest BCUT2D eigenvalue weighted by Crippen LogP contribution is 2.19. The fraction of sp³-hybridized carbons (Fsp3) is 0.308. The van der Waals surface area contributed by atoms with Crippen molar-refractivity contribution in [3.05, 3.63) is 35.5 Å². The molecular formula is C13H17N5O2. The molecule has 0 radical (unpaired) electrons. The van der Waals surface area contributed by atoms with Crippen LogP contribution in [0.2, 0.25) is 0 Å². The zero-order valence-electron chi connectivity index (χ0n) is 11.4. The molecule has 0 aliphatic carbocycles. The van der Waals surface area contributed by atoms with Crippen molar-refractivity contribution in [1.82, 2.24) is 15.5 Å². The van der Waals surface area contributed by atoms with E-state index in [1.54, 1.807) is 32.2 Å². The molecule has 7 heteroatoms. The van der Waals surface area contributed by atoms with E-state index in [1.807, 2.05) is 0 Å². The van der Waals surface area contributed by atoms with Crippen molar-refractivity contribution in [3.8, 4) is 0 Å². The number of amides is 1. The number of hydrogen-bond acceptors (Lipinski definition) is 6. The van der Waals surface area contributed by atoms with Gasteiger partial charge in [0, 0.05) is 38.3 Å². The van der Waals surface area contributed by atoms with Crippen molar-refractivity contribution in [3.63, 3.8) is 0 Å². The molecule has 1 amide bonds. The smallest absolute Gasteiger partial charge is 0.253 e. The van der Waals surface area contributed by atoms with Gasteiger partial charge in [0.05, 0.1) is 5.56 Å². The van der Waals surface area contributed by atoms with Crippen molar-refractivity contribution in [2.45, 2.75) is 13.3 Å². The van der Waals surface area contributed by atoms with Crippen LogP contribution < -0.4 is 16.4 Å². The minimum Gasteiger partial charge on any atom is -0.399 e. The van der Waals surface area contributed by atoms with E-state index in [9.17, 15) is 4.79 Å². The molecule has 0 aliphatic heterocycles. The van der Waals surface area contributed by atoms with E-state index in [2.05, 4.69) is 20.8 Å². The Bertz CT molecular complexity index is 609. The predicted molar refractivity (Wildman–Crippen MR) is 75.5 cm³/mol. The lowest BCUT2D eigenvalue weighted by atomic mass is 10.1. The normalized spacial score (nSPS) is 10.3. The SMILES string of the molecule is CNC(=O)c1ccc(N)cc1NCCc1noc(C)n1. The van der Waals surface area contributed by atoms with Gasteiger partial charge in [0.1, 0.15) is 0 Å². The van der Waals surface area contributed by atoms with Gasteiger partial charge in [-0.15, -0.1) is 0 Å². The fourth-order valence-electron chi connectivity index (χ4n) is 1.79. The van der Waals surface area contributed by atoms with Gasteiger partial charge in [-0.25, -0.2) is 0 Å². The molecule has 2 rings (SSSR count). The Kier molecular flexibility index (Phi) is 4.19. The first-order valence-corrected chi connectivity index (χ1v) is 6.25. The van der Waals surface area contributed by atoms with E-state index in [0.717, 1.165) is 0 Å². The molecule has 106 valence electrons. The van der Waals surface area contributed by atoms with Crippen molar-refractivity contribution in [1.29, 1.82) is 0 Å². The lowest BCUT2D eigenvalue weighted by Crippen LogP contribution is -2.20. The molecule has 0 atom stereocenters. The second kappa shape index (κ2) is 6.05. The Morgan fingerprint density at radius 3 is 2.90 bits per heavy atom. The maximum absolute atomic E-state index is 11.8. The average molecular weight is 275 g/mol. The molecule has 1 heterocycles. The molecule has 0 bridgehead atoms. The third-order valence-electron chi connectivity index (χ3n) is 2.75. The van der Waals surface area contributed by atoms with Crippen molar-refractivity contribution in [2.75, 3.05) is 24.6 Å². The number of aryl methyl sites for hydroxylation is 1. The maximum atomic E-state index is 11.8. The van der Waals surface area contributed by atoms with Crippen LogP contribution in [0.15, 0.2) is 22.7 Å². The highest BCUT2D eigenvalue weighted by atomic mass is 16.5. The molecule has 20 heavy (non-hydrogen) atoms. The molecule has 0 spiro atoms. The monoisotopic (exact) mass is 275 g/mol. The molecular weight excluding hydrogens is 258 g/mol. The van der Waals surface area contributed by atoms with E-state index in [-0.39, 0.29) is 5.91 Å². The second-order valence-corrected chi connectivity index (χ2v) is 4.29. The van der Waals surface area contributed by atoms with Crippen LogP contribution in [0.1, 0.15) is 22.1 Å². The van der Waals surface area contributed by atoms with Gasteiger partial charge < -0.3 is 20.9 Å². The molecule has 7 nitrogen and oxygen atoms in total. The van der Waals surface area contributed by atoms with Gasteiger partial charge in [0.15, 0.2) is 5.82 Å². The number of nitrogens with two attached hydrogens (primary N) is 1. The topological polar surface area (TPSA) is 106 Å². The van der Waals surface area contributed by atoms with Crippen LogP contribution >= 0.6 is 0 Å². The van der Waals surface area contributed by atoms with Crippen LogP contribution in [0.3, 0.4) is 0 Å². The zero-order valence-corrected chi connectivity index (χ0v) is 11.4. The van der Waals surface area contributed by atoms with Gasteiger partial charge in [-0.2, -0.15) is 4.98 Å². The number of hydrogen-bond donors (Lipinski definition) is 3. The Labute approximate surface area is 116 Å². The van der Waals surface area contributed by atoms with Gasteiger partial charge in [0.25, 0.3) is 5.91 Å². The summed E-state index contributed by atoms with van der Waals surface area (Å²) >= 11 is 0. The first kappa shape index (κ1) is 13.9.